The first-order valence-electron chi connectivity index (χ1n) is 8.23. The van der Waals surface area contributed by atoms with E-state index in [0.717, 1.165) is 37.0 Å². The summed E-state index contributed by atoms with van der Waals surface area (Å²) >= 11 is 0. The van der Waals surface area contributed by atoms with E-state index < -0.39 is 0 Å². The molecule has 1 saturated carbocycles. The monoisotopic (exact) mass is 279 g/mol. The molecule has 2 rings (SSSR count). The van der Waals surface area contributed by atoms with Gasteiger partial charge in [0.15, 0.2) is 5.82 Å². The Hall–Kier alpha value is -0.900. The molecule has 1 unspecified atom stereocenters. The van der Waals surface area contributed by atoms with Crippen LogP contribution in [0.5, 0.6) is 0 Å². The van der Waals surface area contributed by atoms with Crippen molar-refractivity contribution in [1.82, 2.24) is 15.5 Å². The Morgan fingerprint density at radius 3 is 2.65 bits per heavy atom. The van der Waals surface area contributed by atoms with Crippen molar-refractivity contribution in [3.63, 3.8) is 0 Å². The molecule has 1 atom stereocenters. The zero-order chi connectivity index (χ0) is 14.4. The van der Waals surface area contributed by atoms with Gasteiger partial charge in [-0.1, -0.05) is 38.8 Å². The maximum atomic E-state index is 5.43. The van der Waals surface area contributed by atoms with E-state index in [4.69, 9.17) is 4.52 Å². The van der Waals surface area contributed by atoms with E-state index in [0.29, 0.717) is 12.0 Å². The van der Waals surface area contributed by atoms with E-state index in [1.807, 2.05) is 0 Å². The first kappa shape index (κ1) is 15.5. The number of aromatic nitrogens is 2. The highest BCUT2D eigenvalue weighted by atomic mass is 16.5. The predicted molar refractivity (Wildman–Crippen MR) is 80.6 cm³/mol. The number of nitrogens with zero attached hydrogens (tertiary/aromatic N) is 2. The van der Waals surface area contributed by atoms with Crippen LogP contribution in [0.2, 0.25) is 0 Å². The molecule has 0 saturated heterocycles. The molecular formula is C16H29N3O. The normalized spacial score (nSPS) is 18.0. The molecule has 1 aliphatic rings. The van der Waals surface area contributed by atoms with E-state index in [9.17, 15) is 0 Å². The number of rotatable bonds is 8. The van der Waals surface area contributed by atoms with Crippen molar-refractivity contribution in [2.45, 2.75) is 71.8 Å². The van der Waals surface area contributed by atoms with Crippen LogP contribution in [0.3, 0.4) is 0 Å². The minimum absolute atomic E-state index is 0.504. The maximum absolute atomic E-state index is 5.43. The summed E-state index contributed by atoms with van der Waals surface area (Å²) in [6.45, 7) is 7.65. The fourth-order valence-electron chi connectivity index (χ4n) is 3.10. The van der Waals surface area contributed by atoms with E-state index in [1.54, 1.807) is 0 Å². The molecule has 0 radical (unpaired) electrons. The summed E-state index contributed by atoms with van der Waals surface area (Å²) in [6.07, 6.45) is 8.39. The van der Waals surface area contributed by atoms with Crippen molar-refractivity contribution in [3.8, 4) is 0 Å². The number of hydrogen-bond acceptors (Lipinski definition) is 4. The molecule has 1 aliphatic carbocycles. The van der Waals surface area contributed by atoms with Gasteiger partial charge in [-0.25, -0.2) is 0 Å². The van der Waals surface area contributed by atoms with Gasteiger partial charge in [-0.3, -0.25) is 0 Å². The van der Waals surface area contributed by atoms with Gasteiger partial charge in [0, 0.05) is 18.9 Å². The third-order valence-corrected chi connectivity index (χ3v) is 4.12. The Balaban J connectivity index is 1.93. The van der Waals surface area contributed by atoms with Crippen LogP contribution < -0.4 is 5.32 Å². The molecule has 0 amide bonds. The van der Waals surface area contributed by atoms with Crippen molar-refractivity contribution in [2.75, 3.05) is 6.54 Å². The molecule has 1 heterocycles. The summed E-state index contributed by atoms with van der Waals surface area (Å²) in [4.78, 5) is 4.55. The highest BCUT2D eigenvalue weighted by Crippen LogP contribution is 2.29. The SMILES string of the molecule is CCCNC(Cc1nc(CC(C)C)no1)C1CCCC1. The Morgan fingerprint density at radius 2 is 2.00 bits per heavy atom. The van der Waals surface area contributed by atoms with Gasteiger partial charge in [-0.2, -0.15) is 4.98 Å². The quantitative estimate of drug-likeness (QED) is 0.792. The Labute approximate surface area is 122 Å². The predicted octanol–water partition coefficient (Wildman–Crippen LogP) is 3.37. The van der Waals surface area contributed by atoms with Gasteiger partial charge >= 0.3 is 0 Å². The largest absolute Gasteiger partial charge is 0.339 e. The van der Waals surface area contributed by atoms with Gasteiger partial charge in [-0.15, -0.1) is 0 Å². The average molecular weight is 279 g/mol. The molecule has 0 spiro atoms. The lowest BCUT2D eigenvalue weighted by atomic mass is 9.95. The Kier molecular flexibility index (Phi) is 6.02. The van der Waals surface area contributed by atoms with Crippen LogP contribution in [0.15, 0.2) is 4.52 Å². The molecule has 1 N–H and O–H groups in total. The van der Waals surface area contributed by atoms with E-state index in [2.05, 4.69) is 36.2 Å². The Bertz CT molecular complexity index is 383. The fourth-order valence-corrected chi connectivity index (χ4v) is 3.10. The van der Waals surface area contributed by atoms with Crippen molar-refractivity contribution in [3.05, 3.63) is 11.7 Å². The van der Waals surface area contributed by atoms with Gasteiger partial charge in [-0.05, 0) is 37.6 Å². The fraction of sp³-hybridized carbons (Fsp3) is 0.875. The second-order valence-corrected chi connectivity index (χ2v) is 6.51. The summed E-state index contributed by atoms with van der Waals surface area (Å²) < 4.78 is 5.43. The van der Waals surface area contributed by atoms with Crippen LogP contribution in [0, 0.1) is 11.8 Å². The van der Waals surface area contributed by atoms with Crippen molar-refractivity contribution in [1.29, 1.82) is 0 Å². The van der Waals surface area contributed by atoms with Crippen LogP contribution in [0.1, 0.15) is 64.6 Å². The third-order valence-electron chi connectivity index (χ3n) is 4.12. The molecule has 20 heavy (non-hydrogen) atoms. The topological polar surface area (TPSA) is 51.0 Å². The Morgan fingerprint density at radius 1 is 1.25 bits per heavy atom. The summed E-state index contributed by atoms with van der Waals surface area (Å²) in [6, 6.07) is 0.504. The first-order chi connectivity index (χ1) is 9.69. The molecule has 1 fully saturated rings. The third kappa shape index (κ3) is 4.58. The minimum Gasteiger partial charge on any atom is -0.339 e. The zero-order valence-corrected chi connectivity index (χ0v) is 13.2. The molecule has 1 aromatic rings. The van der Waals surface area contributed by atoms with Gasteiger partial charge in [0.25, 0.3) is 0 Å². The average Bonchev–Trinajstić information content (AvgIpc) is 3.05. The summed E-state index contributed by atoms with van der Waals surface area (Å²) in [5.74, 6) is 3.02. The van der Waals surface area contributed by atoms with Gasteiger partial charge in [0.05, 0.1) is 0 Å². The van der Waals surface area contributed by atoms with Crippen LogP contribution in [0.4, 0.5) is 0 Å². The van der Waals surface area contributed by atoms with Crippen LogP contribution in [-0.4, -0.2) is 22.7 Å². The second kappa shape index (κ2) is 7.77. The molecule has 4 nitrogen and oxygen atoms in total. The zero-order valence-electron chi connectivity index (χ0n) is 13.2. The highest BCUT2D eigenvalue weighted by Gasteiger charge is 2.26. The first-order valence-corrected chi connectivity index (χ1v) is 8.23. The molecule has 0 bridgehead atoms. The lowest BCUT2D eigenvalue weighted by Gasteiger charge is -2.23. The molecular weight excluding hydrogens is 250 g/mol. The van der Waals surface area contributed by atoms with E-state index >= 15 is 0 Å². The lowest BCUT2D eigenvalue weighted by molar-refractivity contribution is 0.306. The van der Waals surface area contributed by atoms with Gasteiger partial charge in [0.1, 0.15) is 0 Å². The second-order valence-electron chi connectivity index (χ2n) is 6.51. The van der Waals surface area contributed by atoms with Crippen LogP contribution >= 0.6 is 0 Å². The number of hydrogen-bond donors (Lipinski definition) is 1. The maximum Gasteiger partial charge on any atom is 0.228 e. The standard InChI is InChI=1S/C16H29N3O/c1-4-9-17-14(13-7-5-6-8-13)11-16-18-15(19-20-16)10-12(2)3/h12-14,17H,4-11H2,1-3H3. The summed E-state index contributed by atoms with van der Waals surface area (Å²) in [5.41, 5.74) is 0. The van der Waals surface area contributed by atoms with Crippen molar-refractivity contribution < 1.29 is 4.52 Å². The van der Waals surface area contributed by atoms with Crippen molar-refractivity contribution in [2.24, 2.45) is 11.8 Å². The molecule has 4 heteroatoms. The lowest BCUT2D eigenvalue weighted by Crippen LogP contribution is -2.37. The van der Waals surface area contributed by atoms with Gasteiger partial charge < -0.3 is 9.84 Å². The van der Waals surface area contributed by atoms with Crippen molar-refractivity contribution >= 4 is 0 Å². The minimum atomic E-state index is 0.504. The van der Waals surface area contributed by atoms with E-state index in [-0.39, 0.29) is 0 Å². The molecule has 114 valence electrons. The van der Waals surface area contributed by atoms with Crippen LogP contribution in [-0.2, 0) is 12.8 Å². The molecule has 1 aromatic heterocycles. The highest BCUT2D eigenvalue weighted by molar-refractivity contribution is 4.93. The van der Waals surface area contributed by atoms with E-state index in [1.165, 1.54) is 32.1 Å². The molecule has 0 aromatic carbocycles. The van der Waals surface area contributed by atoms with Crippen LogP contribution in [0.25, 0.3) is 0 Å². The number of nitrogens with one attached hydrogen (secondary N) is 1. The summed E-state index contributed by atoms with van der Waals surface area (Å²) in [5, 5.41) is 7.78. The smallest absolute Gasteiger partial charge is 0.228 e. The summed E-state index contributed by atoms with van der Waals surface area (Å²) in [7, 11) is 0. The van der Waals surface area contributed by atoms with Gasteiger partial charge in [0.2, 0.25) is 5.89 Å². The molecule has 0 aliphatic heterocycles.